The topological polar surface area (TPSA) is 176 Å². The summed E-state index contributed by atoms with van der Waals surface area (Å²) in [6.07, 6.45) is -2.87. The standard InChI is InChI=1S/C26H24N2O9/c1-12-10-26(34,37-25(33)27-13-6-8-14(9-7-13)28(35)36)11-17-18(12)24(32)20-19(23(17)31)21(29)15-4-2-3-5-16(15)22(20)30/h2-9,12,17,19-20,23,31-32,34H,10-11H2,1H3,(H,27,33). The van der Waals surface area contributed by atoms with Crippen molar-refractivity contribution in [1.29, 1.82) is 0 Å². The van der Waals surface area contributed by atoms with Crippen LogP contribution in [0.5, 0.6) is 0 Å². The molecule has 0 saturated heterocycles. The van der Waals surface area contributed by atoms with E-state index in [1.807, 2.05) is 0 Å². The quantitative estimate of drug-likeness (QED) is 0.275. The second-order valence-corrected chi connectivity index (χ2v) is 9.79. The summed E-state index contributed by atoms with van der Waals surface area (Å²) < 4.78 is 5.31. The summed E-state index contributed by atoms with van der Waals surface area (Å²) in [7, 11) is 0. The van der Waals surface area contributed by atoms with E-state index in [2.05, 4.69) is 5.32 Å². The number of fused-ring (bicyclic) bond motifs is 3. The summed E-state index contributed by atoms with van der Waals surface area (Å²) in [6, 6.07) is 11.3. The van der Waals surface area contributed by atoms with Gasteiger partial charge in [-0.3, -0.25) is 25.0 Å². The molecule has 6 atom stereocenters. The largest absolute Gasteiger partial charge is 0.512 e. The second-order valence-electron chi connectivity index (χ2n) is 9.79. The Labute approximate surface area is 210 Å². The van der Waals surface area contributed by atoms with Crippen LogP contribution in [-0.4, -0.2) is 49.8 Å². The van der Waals surface area contributed by atoms with E-state index in [0.29, 0.717) is 5.57 Å². The van der Waals surface area contributed by atoms with Crippen molar-refractivity contribution in [2.24, 2.45) is 23.7 Å². The molecule has 3 aliphatic carbocycles. The van der Waals surface area contributed by atoms with Crippen LogP contribution in [0.1, 0.15) is 40.5 Å². The van der Waals surface area contributed by atoms with E-state index >= 15 is 0 Å². The van der Waals surface area contributed by atoms with E-state index in [0.717, 1.165) is 0 Å². The number of hydrogen-bond donors (Lipinski definition) is 4. The fraction of sp³-hybridized carbons (Fsp3) is 0.346. The van der Waals surface area contributed by atoms with Crippen molar-refractivity contribution in [2.75, 3.05) is 5.32 Å². The van der Waals surface area contributed by atoms with Crippen molar-refractivity contribution in [3.05, 3.63) is 81.1 Å². The number of carbonyl (C=O) groups excluding carboxylic acids is 3. The summed E-state index contributed by atoms with van der Waals surface area (Å²) in [5, 5.41) is 46.8. The average Bonchev–Trinajstić information content (AvgIpc) is 2.84. The van der Waals surface area contributed by atoms with Crippen LogP contribution in [0.4, 0.5) is 16.2 Å². The van der Waals surface area contributed by atoms with E-state index < -0.39 is 58.1 Å². The lowest BCUT2D eigenvalue weighted by molar-refractivity contribution is -0.384. The third kappa shape index (κ3) is 4.05. The Balaban J connectivity index is 1.39. The Kier molecular flexibility index (Phi) is 5.84. The molecule has 0 radical (unpaired) electrons. The van der Waals surface area contributed by atoms with Gasteiger partial charge >= 0.3 is 6.09 Å². The summed E-state index contributed by atoms with van der Waals surface area (Å²) >= 11 is 0. The number of nitro groups is 1. The molecule has 1 fully saturated rings. The Morgan fingerprint density at radius 3 is 2.32 bits per heavy atom. The van der Waals surface area contributed by atoms with Crippen LogP contribution in [0.25, 0.3) is 0 Å². The molecule has 2 aromatic rings. The van der Waals surface area contributed by atoms with Crippen molar-refractivity contribution in [2.45, 2.75) is 31.7 Å². The molecule has 5 rings (SSSR count). The molecule has 0 aromatic heterocycles. The summed E-state index contributed by atoms with van der Waals surface area (Å²) in [4.78, 5) is 49.2. The number of non-ortho nitro benzene ring substituents is 1. The Bertz CT molecular complexity index is 1350. The van der Waals surface area contributed by atoms with Gasteiger partial charge in [0, 0.05) is 47.7 Å². The number of rotatable bonds is 3. The van der Waals surface area contributed by atoms with Gasteiger partial charge in [-0.25, -0.2) is 4.79 Å². The third-order valence-electron chi connectivity index (χ3n) is 7.47. The fourth-order valence-electron chi connectivity index (χ4n) is 5.95. The number of benzene rings is 2. The molecule has 1 saturated carbocycles. The molecule has 0 aliphatic heterocycles. The summed E-state index contributed by atoms with van der Waals surface area (Å²) in [5.41, 5.74) is 0.755. The number of nitro benzene ring substituents is 1. The van der Waals surface area contributed by atoms with E-state index in [4.69, 9.17) is 4.74 Å². The van der Waals surface area contributed by atoms with Crippen molar-refractivity contribution in [3.63, 3.8) is 0 Å². The normalized spacial score (nSPS) is 30.6. The number of anilines is 1. The molecule has 11 heteroatoms. The van der Waals surface area contributed by atoms with Crippen LogP contribution in [0.3, 0.4) is 0 Å². The second kappa shape index (κ2) is 8.79. The maximum absolute atomic E-state index is 13.3. The number of aliphatic hydroxyl groups is 3. The minimum Gasteiger partial charge on any atom is -0.512 e. The van der Waals surface area contributed by atoms with E-state index in [1.54, 1.807) is 19.1 Å². The molecule has 37 heavy (non-hydrogen) atoms. The van der Waals surface area contributed by atoms with Crippen LogP contribution in [0.15, 0.2) is 59.9 Å². The van der Waals surface area contributed by atoms with E-state index in [-0.39, 0.29) is 41.1 Å². The van der Waals surface area contributed by atoms with E-state index in [1.165, 1.54) is 36.4 Å². The number of nitrogens with zero attached hydrogens (tertiary/aromatic N) is 1. The van der Waals surface area contributed by atoms with Crippen LogP contribution < -0.4 is 5.32 Å². The number of allylic oxidation sites excluding steroid dienone is 1. The minimum atomic E-state index is -2.05. The molecule has 3 aliphatic rings. The van der Waals surface area contributed by atoms with Gasteiger partial charge in [0.25, 0.3) is 5.69 Å². The Morgan fingerprint density at radius 2 is 1.70 bits per heavy atom. The first-order chi connectivity index (χ1) is 17.5. The molecular weight excluding hydrogens is 484 g/mol. The average molecular weight is 508 g/mol. The first-order valence-corrected chi connectivity index (χ1v) is 11.8. The molecule has 0 bridgehead atoms. The number of carbonyl (C=O) groups is 3. The lowest BCUT2D eigenvalue weighted by Gasteiger charge is -2.49. The maximum atomic E-state index is 13.3. The summed E-state index contributed by atoms with van der Waals surface area (Å²) in [5.74, 6) is -7.24. The predicted octanol–water partition coefficient (Wildman–Crippen LogP) is 3.38. The van der Waals surface area contributed by atoms with Crippen molar-refractivity contribution >= 4 is 29.0 Å². The highest BCUT2D eigenvalue weighted by molar-refractivity contribution is 6.17. The van der Waals surface area contributed by atoms with Gasteiger partial charge in [0.15, 0.2) is 11.6 Å². The number of ketones is 2. The zero-order chi connectivity index (χ0) is 26.6. The van der Waals surface area contributed by atoms with Gasteiger partial charge in [-0.15, -0.1) is 0 Å². The molecule has 11 nitrogen and oxygen atoms in total. The predicted molar refractivity (Wildman–Crippen MR) is 128 cm³/mol. The lowest BCUT2D eigenvalue weighted by Crippen LogP contribution is -2.56. The Morgan fingerprint density at radius 1 is 1.08 bits per heavy atom. The Hall–Kier alpha value is -4.09. The van der Waals surface area contributed by atoms with Gasteiger partial charge in [-0.1, -0.05) is 31.2 Å². The molecule has 2 aromatic carbocycles. The van der Waals surface area contributed by atoms with Crippen molar-refractivity contribution in [3.8, 4) is 0 Å². The van der Waals surface area contributed by atoms with Gasteiger partial charge in [0.2, 0.25) is 5.79 Å². The van der Waals surface area contributed by atoms with E-state index in [9.17, 15) is 39.8 Å². The number of Topliss-reactive ketones (excluding diaryl/α,β-unsaturated/α-hetero) is 2. The molecule has 192 valence electrons. The molecule has 0 heterocycles. The van der Waals surface area contributed by atoms with Gasteiger partial charge in [-0.2, -0.15) is 0 Å². The monoisotopic (exact) mass is 508 g/mol. The van der Waals surface area contributed by atoms with Crippen LogP contribution in [0.2, 0.25) is 0 Å². The van der Waals surface area contributed by atoms with Gasteiger partial charge < -0.3 is 20.1 Å². The molecular formula is C26H24N2O9. The first-order valence-electron chi connectivity index (χ1n) is 11.8. The molecule has 6 unspecified atom stereocenters. The van der Waals surface area contributed by atoms with Gasteiger partial charge in [0.05, 0.1) is 22.9 Å². The highest BCUT2D eigenvalue weighted by Gasteiger charge is 2.58. The first kappa shape index (κ1) is 24.6. The number of ether oxygens (including phenoxy) is 1. The number of nitrogens with one attached hydrogen (secondary N) is 1. The van der Waals surface area contributed by atoms with Crippen molar-refractivity contribution in [1.82, 2.24) is 0 Å². The number of aliphatic hydroxyl groups excluding tert-OH is 2. The molecule has 4 N–H and O–H groups in total. The van der Waals surface area contributed by atoms with Crippen LogP contribution in [-0.2, 0) is 4.74 Å². The smallest absolute Gasteiger partial charge is 0.414 e. The zero-order valence-electron chi connectivity index (χ0n) is 19.7. The minimum absolute atomic E-state index is 0.126. The van der Waals surface area contributed by atoms with Crippen LogP contribution in [0, 0.1) is 33.8 Å². The maximum Gasteiger partial charge on any atom is 0.414 e. The van der Waals surface area contributed by atoms with Crippen LogP contribution >= 0.6 is 0 Å². The lowest BCUT2D eigenvalue weighted by atomic mass is 9.58. The third-order valence-corrected chi connectivity index (χ3v) is 7.47. The summed E-state index contributed by atoms with van der Waals surface area (Å²) in [6.45, 7) is 1.66. The van der Waals surface area contributed by atoms with Crippen molar-refractivity contribution < 1.29 is 39.4 Å². The van der Waals surface area contributed by atoms with Gasteiger partial charge in [0.1, 0.15) is 5.76 Å². The number of amides is 1. The molecule has 0 spiro atoms. The number of hydrogen-bond acceptors (Lipinski definition) is 9. The zero-order valence-corrected chi connectivity index (χ0v) is 19.7. The van der Waals surface area contributed by atoms with Gasteiger partial charge in [-0.05, 0) is 23.6 Å². The highest BCUT2D eigenvalue weighted by atomic mass is 16.7. The SMILES string of the molecule is CC1CC(O)(OC(=O)Nc2ccc([N+](=O)[O-])cc2)CC2C1=C(O)C1C(=O)c3ccccc3C(=O)C1C2O. The fourth-order valence-corrected chi connectivity index (χ4v) is 5.95. The molecule has 1 amide bonds. The highest BCUT2D eigenvalue weighted by Crippen LogP contribution is 2.52.